The van der Waals surface area contributed by atoms with Crippen molar-refractivity contribution < 1.29 is 19.5 Å². The van der Waals surface area contributed by atoms with Crippen LogP contribution in [0, 0.1) is 0 Å². The van der Waals surface area contributed by atoms with Crippen LogP contribution in [0.1, 0.15) is 77.4 Å². The van der Waals surface area contributed by atoms with Crippen LogP contribution in [-0.4, -0.2) is 29.4 Å². The number of carboxylic acids is 1. The van der Waals surface area contributed by atoms with Gasteiger partial charge in [0.1, 0.15) is 0 Å². The maximum absolute atomic E-state index is 13.5. The van der Waals surface area contributed by atoms with Crippen LogP contribution in [0.3, 0.4) is 0 Å². The fraction of sp³-hybridized carbons (Fsp3) is 0.323. The number of benzene rings is 3. The van der Waals surface area contributed by atoms with Crippen LogP contribution in [0.4, 0.5) is 5.69 Å². The minimum Gasteiger partial charge on any atom is -0.481 e. The molecule has 0 spiro atoms. The molecule has 1 aliphatic rings. The van der Waals surface area contributed by atoms with Gasteiger partial charge in [-0.1, -0.05) is 55.7 Å². The van der Waals surface area contributed by atoms with E-state index in [-0.39, 0.29) is 24.8 Å². The number of hydrogen-bond acceptors (Lipinski definition) is 4. The molecule has 0 aromatic heterocycles. The first kappa shape index (κ1) is 27.5. The number of anilines is 1. The Hall–Kier alpha value is -3.58. The summed E-state index contributed by atoms with van der Waals surface area (Å²) < 4.78 is 0. The quantitative estimate of drug-likeness (QED) is 0.235. The van der Waals surface area contributed by atoms with E-state index in [2.05, 4.69) is 47.5 Å². The lowest BCUT2D eigenvalue weighted by Gasteiger charge is -2.23. The van der Waals surface area contributed by atoms with E-state index < -0.39 is 11.9 Å². The monoisotopic (exact) mass is 530 g/mol. The molecule has 1 saturated carbocycles. The summed E-state index contributed by atoms with van der Waals surface area (Å²) in [7, 11) is 0. The minimum atomic E-state index is -0.960. The van der Waals surface area contributed by atoms with Gasteiger partial charge in [-0.25, -0.2) is 0 Å². The molecule has 1 unspecified atom stereocenters. The Balaban J connectivity index is 1.50. The fourth-order valence-electron chi connectivity index (χ4n) is 4.99. The van der Waals surface area contributed by atoms with Crippen molar-refractivity contribution in [3.05, 3.63) is 95.1 Å². The van der Waals surface area contributed by atoms with Crippen molar-refractivity contribution in [2.75, 3.05) is 11.9 Å². The third-order valence-electron chi connectivity index (χ3n) is 7.15. The van der Waals surface area contributed by atoms with Gasteiger partial charge in [0.25, 0.3) is 5.91 Å². The van der Waals surface area contributed by atoms with E-state index in [1.54, 1.807) is 12.1 Å². The van der Waals surface area contributed by atoms with Gasteiger partial charge in [-0.2, -0.15) is 0 Å². The highest BCUT2D eigenvalue weighted by atomic mass is 32.1. The molecule has 0 heterocycles. The van der Waals surface area contributed by atoms with Gasteiger partial charge in [-0.3, -0.25) is 14.4 Å². The SMILES string of the molecule is O=C(O)CCNC(=O)c1ccc(CC(C(=O)Nc2ccc(S)cc2)c2ccc(C3CCCCC3)cc2)cc1. The highest BCUT2D eigenvalue weighted by Gasteiger charge is 2.23. The van der Waals surface area contributed by atoms with Gasteiger partial charge < -0.3 is 15.7 Å². The van der Waals surface area contributed by atoms with Crippen molar-refractivity contribution in [3.63, 3.8) is 0 Å². The van der Waals surface area contributed by atoms with Crippen LogP contribution in [0.15, 0.2) is 77.7 Å². The largest absolute Gasteiger partial charge is 0.481 e. The van der Waals surface area contributed by atoms with E-state index in [9.17, 15) is 14.4 Å². The Labute approximate surface area is 229 Å². The molecule has 0 bridgehead atoms. The molecular formula is C31H34N2O4S. The average molecular weight is 531 g/mol. The van der Waals surface area contributed by atoms with Gasteiger partial charge in [0, 0.05) is 22.7 Å². The zero-order valence-electron chi connectivity index (χ0n) is 21.4. The standard InChI is InChI=1S/C31H34N2O4S/c34-29(35)18-19-32-30(36)25-8-6-21(7-9-25)20-28(31(37)33-26-14-16-27(38)17-15-26)24-12-10-23(11-13-24)22-4-2-1-3-5-22/h6-17,22,28,38H,1-5,18-20H2,(H,32,36)(H,33,37)(H,34,35). The predicted octanol–water partition coefficient (Wildman–Crippen LogP) is 6.19. The molecule has 4 rings (SSSR count). The van der Waals surface area contributed by atoms with Crippen LogP contribution >= 0.6 is 12.6 Å². The third kappa shape index (κ3) is 7.71. The average Bonchev–Trinajstić information content (AvgIpc) is 2.93. The number of aliphatic carboxylic acids is 1. The van der Waals surface area contributed by atoms with E-state index in [1.807, 2.05) is 36.4 Å². The zero-order valence-corrected chi connectivity index (χ0v) is 22.3. The van der Waals surface area contributed by atoms with E-state index in [0.717, 1.165) is 16.0 Å². The molecular weight excluding hydrogens is 496 g/mol. The molecule has 1 aliphatic carbocycles. The normalized spacial score (nSPS) is 14.4. The second kappa shape index (κ2) is 13.3. The number of thiol groups is 1. The number of amides is 2. The van der Waals surface area contributed by atoms with Crippen molar-refractivity contribution >= 4 is 36.1 Å². The molecule has 198 valence electrons. The van der Waals surface area contributed by atoms with Gasteiger partial charge in [0.05, 0.1) is 12.3 Å². The summed E-state index contributed by atoms with van der Waals surface area (Å²) in [5.41, 5.74) is 4.38. The van der Waals surface area contributed by atoms with E-state index in [1.165, 1.54) is 37.7 Å². The van der Waals surface area contributed by atoms with Crippen LogP contribution in [0.2, 0.25) is 0 Å². The van der Waals surface area contributed by atoms with Crippen LogP contribution in [-0.2, 0) is 16.0 Å². The Bertz CT molecular complexity index is 1230. The molecule has 3 aromatic carbocycles. The first-order valence-electron chi connectivity index (χ1n) is 13.2. The van der Waals surface area contributed by atoms with E-state index in [0.29, 0.717) is 23.6 Å². The topological polar surface area (TPSA) is 95.5 Å². The molecule has 0 aliphatic heterocycles. The van der Waals surface area contributed by atoms with Crippen molar-refractivity contribution in [2.24, 2.45) is 0 Å². The number of carboxylic acid groups (broad SMARTS) is 1. The number of carbonyl (C=O) groups is 3. The number of hydrogen-bond donors (Lipinski definition) is 4. The zero-order chi connectivity index (χ0) is 26.9. The van der Waals surface area contributed by atoms with Gasteiger partial charge >= 0.3 is 5.97 Å². The van der Waals surface area contributed by atoms with Crippen molar-refractivity contribution in [1.29, 1.82) is 0 Å². The second-order valence-electron chi connectivity index (χ2n) is 9.89. The highest BCUT2D eigenvalue weighted by Crippen LogP contribution is 2.34. The second-order valence-corrected chi connectivity index (χ2v) is 10.4. The predicted molar refractivity (Wildman–Crippen MR) is 152 cm³/mol. The summed E-state index contributed by atoms with van der Waals surface area (Å²) in [4.78, 5) is 37.3. The Morgan fingerprint density at radius 3 is 2.16 bits per heavy atom. The summed E-state index contributed by atoms with van der Waals surface area (Å²) in [6.07, 6.45) is 6.65. The van der Waals surface area contributed by atoms with Crippen molar-refractivity contribution in [3.8, 4) is 0 Å². The first-order valence-corrected chi connectivity index (χ1v) is 13.6. The van der Waals surface area contributed by atoms with Crippen LogP contribution in [0.25, 0.3) is 0 Å². The van der Waals surface area contributed by atoms with E-state index >= 15 is 0 Å². The number of carbonyl (C=O) groups excluding carboxylic acids is 2. The van der Waals surface area contributed by atoms with Crippen LogP contribution in [0.5, 0.6) is 0 Å². The van der Waals surface area contributed by atoms with Crippen LogP contribution < -0.4 is 10.6 Å². The summed E-state index contributed by atoms with van der Waals surface area (Å²) in [6, 6.07) is 23.0. The van der Waals surface area contributed by atoms with Gasteiger partial charge in [0.2, 0.25) is 5.91 Å². The van der Waals surface area contributed by atoms with E-state index in [4.69, 9.17) is 5.11 Å². The van der Waals surface area contributed by atoms with Gasteiger partial charge in [-0.15, -0.1) is 12.6 Å². The number of rotatable bonds is 10. The Kier molecular flexibility index (Phi) is 9.60. The lowest BCUT2D eigenvalue weighted by atomic mass is 9.83. The molecule has 38 heavy (non-hydrogen) atoms. The summed E-state index contributed by atoms with van der Waals surface area (Å²) in [6.45, 7) is 0.0726. The van der Waals surface area contributed by atoms with Gasteiger partial charge in [-0.05, 0) is 78.3 Å². The van der Waals surface area contributed by atoms with Crippen molar-refractivity contribution in [2.45, 2.75) is 61.7 Å². The smallest absolute Gasteiger partial charge is 0.305 e. The highest BCUT2D eigenvalue weighted by molar-refractivity contribution is 7.80. The Morgan fingerprint density at radius 2 is 1.53 bits per heavy atom. The van der Waals surface area contributed by atoms with Gasteiger partial charge in [0.15, 0.2) is 0 Å². The molecule has 1 atom stereocenters. The number of nitrogens with one attached hydrogen (secondary N) is 2. The molecule has 3 N–H and O–H groups in total. The lowest BCUT2D eigenvalue weighted by Crippen LogP contribution is -2.26. The molecule has 2 amide bonds. The fourth-order valence-corrected chi connectivity index (χ4v) is 5.13. The maximum Gasteiger partial charge on any atom is 0.305 e. The van der Waals surface area contributed by atoms with Crippen molar-refractivity contribution in [1.82, 2.24) is 5.32 Å². The summed E-state index contributed by atoms with van der Waals surface area (Å²) in [5, 5.41) is 14.4. The third-order valence-corrected chi connectivity index (χ3v) is 7.45. The molecule has 0 saturated heterocycles. The molecule has 1 fully saturated rings. The maximum atomic E-state index is 13.5. The molecule has 6 nitrogen and oxygen atoms in total. The summed E-state index contributed by atoms with van der Waals surface area (Å²) in [5.74, 6) is -1.20. The molecule has 3 aromatic rings. The lowest BCUT2D eigenvalue weighted by molar-refractivity contribution is -0.136. The molecule has 0 radical (unpaired) electrons. The minimum absolute atomic E-state index is 0.0726. The summed E-state index contributed by atoms with van der Waals surface area (Å²) >= 11 is 4.32. The molecule has 7 heteroatoms. The first-order chi connectivity index (χ1) is 18.4. The Morgan fingerprint density at radius 1 is 0.868 bits per heavy atom.